The molecular weight excluding hydrogens is 156 g/mol. The van der Waals surface area contributed by atoms with Gasteiger partial charge in [0.05, 0.1) is 6.26 Å². The smallest absolute Gasteiger partial charge is 0.158 e. The third kappa shape index (κ3) is 1.62. The van der Waals surface area contributed by atoms with Gasteiger partial charge in [-0.05, 0) is 19.1 Å². The lowest BCUT2D eigenvalue weighted by Crippen LogP contribution is -2.06. The van der Waals surface area contributed by atoms with E-state index in [0.717, 1.165) is 0 Å². The predicted molar refractivity (Wildman–Crippen MR) is 43.5 cm³/mol. The fourth-order valence-corrected chi connectivity index (χ4v) is 0.811. The van der Waals surface area contributed by atoms with Crippen LogP contribution >= 0.6 is 0 Å². The summed E-state index contributed by atoms with van der Waals surface area (Å²) in [6.45, 7) is 4.81. The van der Waals surface area contributed by atoms with E-state index in [1.807, 2.05) is 0 Å². The Bertz CT molecular complexity index is 285. The van der Waals surface area contributed by atoms with Gasteiger partial charge in [-0.15, -0.1) is 0 Å². The summed E-state index contributed by atoms with van der Waals surface area (Å²) in [5, 5.41) is 9.43. The van der Waals surface area contributed by atoms with Crippen molar-refractivity contribution in [3.05, 3.63) is 36.3 Å². The van der Waals surface area contributed by atoms with E-state index in [-0.39, 0.29) is 11.4 Å². The highest BCUT2D eigenvalue weighted by Gasteiger charge is 2.16. The van der Waals surface area contributed by atoms with Crippen molar-refractivity contribution in [3.63, 3.8) is 0 Å². The molecule has 0 fully saturated rings. The van der Waals surface area contributed by atoms with Crippen LogP contribution in [-0.2, 0) is 4.79 Å². The summed E-state index contributed by atoms with van der Waals surface area (Å²) in [5.41, 5.74) is 0.143. The summed E-state index contributed by atoms with van der Waals surface area (Å²) >= 11 is 0. The Morgan fingerprint density at radius 1 is 1.75 bits per heavy atom. The van der Waals surface area contributed by atoms with E-state index in [4.69, 9.17) is 4.42 Å². The number of hydrogen-bond acceptors (Lipinski definition) is 3. The first-order valence-electron chi connectivity index (χ1n) is 3.54. The molecule has 0 spiro atoms. The van der Waals surface area contributed by atoms with Crippen molar-refractivity contribution in [3.8, 4) is 0 Å². The van der Waals surface area contributed by atoms with Crippen LogP contribution in [0.4, 0.5) is 0 Å². The van der Waals surface area contributed by atoms with Crippen molar-refractivity contribution >= 4 is 5.78 Å². The van der Waals surface area contributed by atoms with Crippen molar-refractivity contribution in [2.75, 3.05) is 0 Å². The van der Waals surface area contributed by atoms with Crippen molar-refractivity contribution in [1.29, 1.82) is 0 Å². The van der Waals surface area contributed by atoms with Gasteiger partial charge in [-0.1, -0.05) is 6.58 Å². The fourth-order valence-electron chi connectivity index (χ4n) is 0.811. The van der Waals surface area contributed by atoms with Gasteiger partial charge in [0.2, 0.25) is 0 Å². The zero-order chi connectivity index (χ0) is 9.14. The third-order valence-electron chi connectivity index (χ3n) is 1.59. The first-order chi connectivity index (χ1) is 5.63. The van der Waals surface area contributed by atoms with E-state index in [9.17, 15) is 9.90 Å². The van der Waals surface area contributed by atoms with Gasteiger partial charge in [0.15, 0.2) is 5.78 Å². The Hall–Kier alpha value is -1.35. The van der Waals surface area contributed by atoms with E-state index < -0.39 is 6.10 Å². The number of hydrogen-bond donors (Lipinski definition) is 1. The molecule has 0 saturated heterocycles. The fraction of sp³-hybridized carbons (Fsp3) is 0.222. The zero-order valence-corrected chi connectivity index (χ0v) is 6.78. The predicted octanol–water partition coefficient (Wildman–Crippen LogP) is 1.46. The second kappa shape index (κ2) is 3.36. The lowest BCUT2D eigenvalue weighted by atomic mass is 10.1. The zero-order valence-electron chi connectivity index (χ0n) is 6.78. The molecule has 0 radical (unpaired) electrons. The SMILES string of the molecule is C=C(C(C)=O)[C@@H](O)c1ccco1. The highest BCUT2D eigenvalue weighted by Crippen LogP contribution is 2.20. The summed E-state index contributed by atoms with van der Waals surface area (Å²) in [6, 6.07) is 3.24. The molecule has 1 N–H and O–H groups in total. The molecule has 3 nitrogen and oxygen atoms in total. The standard InChI is InChI=1S/C9H10O3/c1-6(7(2)10)9(11)8-4-3-5-12-8/h3-5,9,11H,1H2,2H3/t9-/m1/s1. The Morgan fingerprint density at radius 2 is 2.42 bits per heavy atom. The first-order valence-corrected chi connectivity index (χ1v) is 3.54. The average molecular weight is 166 g/mol. The van der Waals surface area contributed by atoms with Crippen LogP contribution in [-0.4, -0.2) is 10.9 Å². The Labute approximate surface area is 70.3 Å². The first kappa shape index (κ1) is 8.74. The van der Waals surface area contributed by atoms with Crippen LogP contribution < -0.4 is 0 Å². The van der Waals surface area contributed by atoms with Gasteiger partial charge in [-0.25, -0.2) is 0 Å². The minimum Gasteiger partial charge on any atom is -0.466 e. The summed E-state index contributed by atoms with van der Waals surface area (Å²) in [5.74, 6) is 0.106. The largest absolute Gasteiger partial charge is 0.466 e. The van der Waals surface area contributed by atoms with Crippen molar-refractivity contribution in [2.24, 2.45) is 0 Å². The van der Waals surface area contributed by atoms with E-state index in [1.54, 1.807) is 12.1 Å². The minimum atomic E-state index is -1.02. The number of rotatable bonds is 3. The van der Waals surface area contributed by atoms with Crippen LogP contribution in [0.5, 0.6) is 0 Å². The number of ketones is 1. The number of aliphatic hydroxyl groups is 1. The number of Topliss-reactive ketones (excluding diaryl/α,β-unsaturated/α-hetero) is 1. The van der Waals surface area contributed by atoms with E-state index in [1.165, 1.54) is 13.2 Å². The third-order valence-corrected chi connectivity index (χ3v) is 1.59. The summed E-state index contributed by atoms with van der Waals surface area (Å²) in [6.07, 6.45) is 0.420. The van der Waals surface area contributed by atoms with Gasteiger partial charge >= 0.3 is 0 Å². The molecule has 1 rings (SSSR count). The van der Waals surface area contributed by atoms with E-state index in [0.29, 0.717) is 5.76 Å². The quantitative estimate of drug-likeness (QED) is 0.691. The van der Waals surface area contributed by atoms with Crippen molar-refractivity contribution in [2.45, 2.75) is 13.0 Å². The van der Waals surface area contributed by atoms with Crippen LogP contribution in [0.3, 0.4) is 0 Å². The van der Waals surface area contributed by atoms with Crippen LogP contribution in [0.2, 0.25) is 0 Å². The van der Waals surface area contributed by atoms with Crippen LogP contribution in [0.25, 0.3) is 0 Å². The molecule has 12 heavy (non-hydrogen) atoms. The Balaban J connectivity index is 2.79. The highest BCUT2D eigenvalue weighted by molar-refractivity contribution is 5.93. The number of furan rings is 1. The van der Waals surface area contributed by atoms with E-state index in [2.05, 4.69) is 6.58 Å². The lowest BCUT2D eigenvalue weighted by molar-refractivity contribution is -0.114. The maximum Gasteiger partial charge on any atom is 0.158 e. The molecule has 0 unspecified atom stereocenters. The summed E-state index contributed by atoms with van der Waals surface area (Å²) in [4.78, 5) is 10.8. The molecular formula is C9H10O3. The molecule has 0 aliphatic heterocycles. The van der Waals surface area contributed by atoms with Crippen LogP contribution in [0, 0.1) is 0 Å². The lowest BCUT2D eigenvalue weighted by Gasteiger charge is -2.06. The van der Waals surface area contributed by atoms with Gasteiger partial charge in [-0.3, -0.25) is 4.79 Å². The molecule has 0 aliphatic rings. The molecule has 1 aromatic heterocycles. The molecule has 0 aromatic carbocycles. The van der Waals surface area contributed by atoms with Gasteiger partial charge in [0.25, 0.3) is 0 Å². The molecule has 0 aliphatic carbocycles. The van der Waals surface area contributed by atoms with Gasteiger partial charge < -0.3 is 9.52 Å². The van der Waals surface area contributed by atoms with Crippen LogP contribution in [0.1, 0.15) is 18.8 Å². The second-order valence-corrected chi connectivity index (χ2v) is 2.50. The molecule has 3 heteroatoms. The Kier molecular flexibility index (Phi) is 2.45. The maximum atomic E-state index is 10.8. The molecule has 0 amide bonds. The highest BCUT2D eigenvalue weighted by atomic mass is 16.4. The van der Waals surface area contributed by atoms with Gasteiger partial charge in [0.1, 0.15) is 11.9 Å². The minimum absolute atomic E-state index is 0.143. The second-order valence-electron chi connectivity index (χ2n) is 2.50. The average Bonchev–Trinajstić information content (AvgIpc) is 2.53. The number of aliphatic hydroxyl groups excluding tert-OH is 1. The van der Waals surface area contributed by atoms with Crippen LogP contribution in [0.15, 0.2) is 35.0 Å². The number of carbonyl (C=O) groups is 1. The molecule has 1 heterocycles. The van der Waals surface area contributed by atoms with Crippen molar-refractivity contribution in [1.82, 2.24) is 0 Å². The monoisotopic (exact) mass is 166 g/mol. The normalized spacial score (nSPS) is 12.5. The topological polar surface area (TPSA) is 50.4 Å². The summed E-state index contributed by atoms with van der Waals surface area (Å²) in [7, 11) is 0. The van der Waals surface area contributed by atoms with Crippen molar-refractivity contribution < 1.29 is 14.3 Å². The molecule has 1 atom stereocenters. The summed E-state index contributed by atoms with van der Waals surface area (Å²) < 4.78 is 4.90. The Morgan fingerprint density at radius 3 is 2.83 bits per heavy atom. The molecule has 1 aromatic rings. The van der Waals surface area contributed by atoms with Gasteiger partial charge in [-0.2, -0.15) is 0 Å². The molecule has 64 valence electrons. The molecule has 0 bridgehead atoms. The molecule has 0 saturated carbocycles. The number of carbonyl (C=O) groups excluding carboxylic acids is 1. The van der Waals surface area contributed by atoms with Gasteiger partial charge in [0, 0.05) is 5.57 Å². The maximum absolute atomic E-state index is 10.8. The van der Waals surface area contributed by atoms with E-state index >= 15 is 0 Å².